The highest BCUT2D eigenvalue weighted by molar-refractivity contribution is 5.74. The second-order valence-corrected chi connectivity index (χ2v) is 7.14. The Morgan fingerprint density at radius 3 is 2.25 bits per heavy atom. The van der Waals surface area contributed by atoms with Gasteiger partial charge in [0.2, 0.25) is 11.8 Å². The van der Waals surface area contributed by atoms with Crippen LogP contribution in [-0.4, -0.2) is 36.5 Å². The summed E-state index contributed by atoms with van der Waals surface area (Å²) < 4.78 is 11.6. The van der Waals surface area contributed by atoms with Crippen LogP contribution in [0.15, 0.2) is 91.1 Å². The highest BCUT2D eigenvalue weighted by Gasteiger charge is 2.08. The first-order valence-electron chi connectivity index (χ1n) is 10.3. The van der Waals surface area contributed by atoms with Crippen molar-refractivity contribution in [3.63, 3.8) is 0 Å². The van der Waals surface area contributed by atoms with Crippen LogP contribution in [-0.2, 0) is 0 Å². The number of carbonyl (C=O) groups is 1. The van der Waals surface area contributed by atoms with Gasteiger partial charge in [0.15, 0.2) is 0 Å². The molecular formula is C26H23N3O3. The summed E-state index contributed by atoms with van der Waals surface area (Å²) in [5.74, 6) is 2.43. The van der Waals surface area contributed by atoms with Gasteiger partial charge in [0, 0.05) is 24.9 Å². The summed E-state index contributed by atoms with van der Waals surface area (Å²) in [6.45, 7) is 1.04. The molecule has 0 aliphatic heterocycles. The molecule has 0 atom stereocenters. The first-order valence-corrected chi connectivity index (χ1v) is 10.3. The number of hydrogen-bond acceptors (Lipinski definition) is 6. The predicted octanol–water partition coefficient (Wildman–Crippen LogP) is 5.26. The molecule has 1 aromatic heterocycles. The zero-order valence-corrected chi connectivity index (χ0v) is 17.7. The molecule has 0 amide bonds. The van der Waals surface area contributed by atoms with Crippen molar-refractivity contribution < 1.29 is 14.3 Å². The molecule has 3 aromatic carbocycles. The number of likely N-dealkylation sites (N-methyl/N-ethyl adjacent to an activating group) is 1. The highest BCUT2D eigenvalue weighted by Crippen LogP contribution is 2.25. The Balaban J connectivity index is 1.33. The number of rotatable bonds is 9. The van der Waals surface area contributed by atoms with Gasteiger partial charge in [-0.3, -0.25) is 4.79 Å². The lowest BCUT2D eigenvalue weighted by atomic mass is 10.1. The molecule has 0 unspecified atom stereocenters. The number of nitrogens with zero attached hydrogens (tertiary/aromatic N) is 3. The van der Waals surface area contributed by atoms with E-state index in [0.29, 0.717) is 42.0 Å². The van der Waals surface area contributed by atoms with Gasteiger partial charge in [-0.1, -0.05) is 42.5 Å². The molecule has 32 heavy (non-hydrogen) atoms. The van der Waals surface area contributed by atoms with E-state index in [1.54, 1.807) is 36.5 Å². The third-order valence-corrected chi connectivity index (χ3v) is 4.85. The van der Waals surface area contributed by atoms with E-state index in [9.17, 15) is 4.79 Å². The molecule has 0 fully saturated rings. The minimum Gasteiger partial charge on any atom is -0.492 e. The summed E-state index contributed by atoms with van der Waals surface area (Å²) in [6, 6.07) is 26.8. The molecule has 0 aliphatic rings. The van der Waals surface area contributed by atoms with Crippen LogP contribution in [0.4, 0.5) is 5.95 Å². The average molecular weight is 425 g/mol. The predicted molar refractivity (Wildman–Crippen MR) is 125 cm³/mol. The maximum absolute atomic E-state index is 10.7. The Morgan fingerprint density at radius 1 is 0.844 bits per heavy atom. The number of aldehydes is 1. The fourth-order valence-electron chi connectivity index (χ4n) is 3.08. The smallest absolute Gasteiger partial charge is 0.228 e. The van der Waals surface area contributed by atoms with Crippen LogP contribution in [0.1, 0.15) is 10.4 Å². The van der Waals surface area contributed by atoms with Gasteiger partial charge in [-0.15, -0.1) is 0 Å². The van der Waals surface area contributed by atoms with Crippen LogP contribution in [0.25, 0.3) is 11.1 Å². The third-order valence-electron chi connectivity index (χ3n) is 4.85. The molecular weight excluding hydrogens is 402 g/mol. The lowest BCUT2D eigenvalue weighted by Gasteiger charge is -2.17. The monoisotopic (exact) mass is 425 g/mol. The second-order valence-electron chi connectivity index (χ2n) is 7.14. The van der Waals surface area contributed by atoms with Crippen molar-refractivity contribution >= 4 is 12.2 Å². The van der Waals surface area contributed by atoms with Gasteiger partial charge in [-0.05, 0) is 47.5 Å². The van der Waals surface area contributed by atoms with E-state index in [1.165, 1.54) is 0 Å². The molecule has 6 heteroatoms. The third kappa shape index (κ3) is 5.49. The molecule has 1 heterocycles. The first kappa shape index (κ1) is 21.1. The van der Waals surface area contributed by atoms with Gasteiger partial charge in [-0.25, -0.2) is 4.98 Å². The quantitative estimate of drug-likeness (QED) is 0.341. The largest absolute Gasteiger partial charge is 0.492 e. The maximum Gasteiger partial charge on any atom is 0.228 e. The molecule has 0 saturated heterocycles. The Morgan fingerprint density at radius 2 is 1.53 bits per heavy atom. The Labute approximate surface area is 187 Å². The van der Waals surface area contributed by atoms with E-state index in [1.807, 2.05) is 54.4 Å². The van der Waals surface area contributed by atoms with Crippen molar-refractivity contribution in [3.05, 3.63) is 96.7 Å². The van der Waals surface area contributed by atoms with Gasteiger partial charge < -0.3 is 14.4 Å². The van der Waals surface area contributed by atoms with Crippen LogP contribution in [0.5, 0.6) is 17.4 Å². The molecule has 0 saturated carbocycles. The highest BCUT2D eigenvalue weighted by atomic mass is 16.5. The zero-order chi connectivity index (χ0) is 22.2. The summed E-state index contributed by atoms with van der Waals surface area (Å²) in [7, 11) is 1.90. The van der Waals surface area contributed by atoms with Crippen molar-refractivity contribution in [3.8, 4) is 28.5 Å². The molecule has 0 spiro atoms. The summed E-state index contributed by atoms with van der Waals surface area (Å²) in [5, 5.41) is 0. The van der Waals surface area contributed by atoms with E-state index in [4.69, 9.17) is 9.47 Å². The Bertz CT molecular complexity index is 1150. The minimum atomic E-state index is 0.451. The normalized spacial score (nSPS) is 10.4. The van der Waals surface area contributed by atoms with Gasteiger partial charge in [0.05, 0.1) is 6.54 Å². The summed E-state index contributed by atoms with van der Waals surface area (Å²) in [4.78, 5) is 21.4. The van der Waals surface area contributed by atoms with Gasteiger partial charge in [0.1, 0.15) is 24.4 Å². The second kappa shape index (κ2) is 10.2. The van der Waals surface area contributed by atoms with Crippen molar-refractivity contribution in [1.82, 2.24) is 9.97 Å². The number of carbonyl (C=O) groups excluding carboxylic acids is 1. The van der Waals surface area contributed by atoms with Crippen LogP contribution < -0.4 is 14.4 Å². The summed E-state index contributed by atoms with van der Waals surface area (Å²) in [5.41, 5.74) is 2.91. The molecule has 0 radical (unpaired) electrons. The number of ether oxygens (including phenoxy) is 2. The van der Waals surface area contributed by atoms with E-state index in [-0.39, 0.29) is 0 Å². The van der Waals surface area contributed by atoms with Crippen LogP contribution in [0.2, 0.25) is 0 Å². The Hall–Kier alpha value is -4.19. The molecule has 0 N–H and O–H groups in total. The van der Waals surface area contributed by atoms with Gasteiger partial charge in [0.25, 0.3) is 0 Å². The standard InChI is InChI=1S/C26H23N3O3/c1-29(17-18-31-23-11-7-20(19-30)8-12-23)26-27-16-15-25(28-26)32-24-13-9-22(10-14-24)21-5-3-2-4-6-21/h2-16,19H,17-18H2,1H3. The van der Waals surface area contributed by atoms with Crippen LogP contribution in [0.3, 0.4) is 0 Å². The van der Waals surface area contributed by atoms with E-state index in [0.717, 1.165) is 17.4 Å². The zero-order valence-electron chi connectivity index (χ0n) is 17.7. The topological polar surface area (TPSA) is 64.5 Å². The van der Waals surface area contributed by atoms with Gasteiger partial charge >= 0.3 is 0 Å². The molecule has 160 valence electrons. The molecule has 4 aromatic rings. The van der Waals surface area contributed by atoms with E-state index in [2.05, 4.69) is 22.1 Å². The van der Waals surface area contributed by atoms with Crippen molar-refractivity contribution in [2.75, 3.05) is 25.1 Å². The van der Waals surface area contributed by atoms with Crippen LogP contribution >= 0.6 is 0 Å². The van der Waals surface area contributed by atoms with Crippen molar-refractivity contribution in [1.29, 1.82) is 0 Å². The number of benzene rings is 3. The molecule has 6 nitrogen and oxygen atoms in total. The lowest BCUT2D eigenvalue weighted by Crippen LogP contribution is -2.25. The summed E-state index contributed by atoms with van der Waals surface area (Å²) in [6.07, 6.45) is 2.48. The Kier molecular flexibility index (Phi) is 6.72. The lowest BCUT2D eigenvalue weighted by molar-refractivity contribution is 0.112. The van der Waals surface area contributed by atoms with Gasteiger partial charge in [-0.2, -0.15) is 4.98 Å². The number of anilines is 1. The molecule has 0 bridgehead atoms. The minimum absolute atomic E-state index is 0.451. The fourth-order valence-corrected chi connectivity index (χ4v) is 3.08. The maximum atomic E-state index is 10.7. The number of aromatic nitrogens is 2. The fraction of sp³-hybridized carbons (Fsp3) is 0.115. The summed E-state index contributed by atoms with van der Waals surface area (Å²) >= 11 is 0. The molecule has 0 aliphatic carbocycles. The molecule has 4 rings (SSSR count). The SMILES string of the molecule is CN(CCOc1ccc(C=O)cc1)c1nccc(Oc2ccc(-c3ccccc3)cc2)n1. The number of hydrogen-bond donors (Lipinski definition) is 0. The van der Waals surface area contributed by atoms with E-state index < -0.39 is 0 Å². The average Bonchev–Trinajstić information content (AvgIpc) is 2.85. The first-order chi connectivity index (χ1) is 15.7. The van der Waals surface area contributed by atoms with E-state index >= 15 is 0 Å². The van der Waals surface area contributed by atoms with Crippen molar-refractivity contribution in [2.45, 2.75) is 0 Å². The van der Waals surface area contributed by atoms with Crippen molar-refractivity contribution in [2.24, 2.45) is 0 Å². The van der Waals surface area contributed by atoms with Crippen LogP contribution in [0, 0.1) is 0 Å².